The minimum Gasteiger partial charge on any atom is -0.461 e. The Bertz CT molecular complexity index is 2480. The number of aliphatic hydroxyl groups excluding tert-OH is 5. The van der Waals surface area contributed by atoms with Crippen molar-refractivity contribution in [1.82, 2.24) is 10.6 Å². The lowest BCUT2D eigenvalue weighted by molar-refractivity contribution is -0.299. The van der Waals surface area contributed by atoms with Crippen LogP contribution in [0.15, 0.2) is 0 Å². The van der Waals surface area contributed by atoms with E-state index in [1.165, 1.54) is 51.4 Å². The molecule has 658 valence electrons. The highest BCUT2D eigenvalue weighted by atomic mass is 31.2. The number of phosphoric acid groups is 1. The molecule has 0 radical (unpaired) electrons. The minimum atomic E-state index is -5.64. The van der Waals surface area contributed by atoms with E-state index in [1.54, 1.807) is 13.8 Å². The summed E-state index contributed by atoms with van der Waals surface area (Å²) in [5.41, 5.74) is 0. The molecule has 0 aromatic heterocycles. The average Bonchev–Trinajstić information content (AvgIpc) is 0.774. The standard InChI is InChI=1S/C87H163N2O22P/c1-12-18-23-28-33-35-40-45-50-55-66(10)84(98)105-70(64(8)53-48-43-38-31-26-21-15-4)59-75(94)89-79-83(110-77(96)60-71(65(9)54-49-44-39-32-27-22-16-5)106-85(99)67(11)56-51-46-41-36-34-29-24-19-13-2)81(111-112(101,102)103)72(61-90)108-87(79)104-62-73-80(97)82(78(86(100)107-73)88-74(93)57-68(91)17-6)109-76(95)58-69(92)63(7)52-47-42-37-30-25-20-14-3/h63-73,78-83,86-87,90-92,97,100H,12-62H2,1-11H3,(H,88,93)(H,89,94)(H2,101,102,103)/t63?,64?,65?,66?,67?,68-,69+,70+,71+,72?,73?,78?,79?,80-,81-,82-,83-,86?,87-/m1/s1. The summed E-state index contributed by atoms with van der Waals surface area (Å²) in [5.74, 6) is -6.81. The molecule has 2 aliphatic heterocycles. The van der Waals surface area contributed by atoms with Gasteiger partial charge in [-0.1, -0.05) is 327 Å². The third-order valence-electron chi connectivity index (χ3n) is 23.0. The number of amides is 2. The Morgan fingerprint density at radius 3 is 1.18 bits per heavy atom. The summed E-state index contributed by atoms with van der Waals surface area (Å²) >= 11 is 0. The molecule has 0 aliphatic carbocycles. The van der Waals surface area contributed by atoms with Crippen LogP contribution >= 0.6 is 7.82 Å². The first-order valence-electron chi connectivity index (χ1n) is 45.1. The maximum Gasteiger partial charge on any atom is 0.470 e. The van der Waals surface area contributed by atoms with Crippen molar-refractivity contribution in [2.24, 2.45) is 29.6 Å². The Morgan fingerprint density at radius 1 is 0.420 bits per heavy atom. The molecule has 0 spiro atoms. The highest BCUT2D eigenvalue weighted by molar-refractivity contribution is 7.46. The van der Waals surface area contributed by atoms with E-state index in [4.69, 9.17) is 37.7 Å². The van der Waals surface area contributed by atoms with Crippen LogP contribution < -0.4 is 10.6 Å². The van der Waals surface area contributed by atoms with Crippen LogP contribution in [0.2, 0.25) is 0 Å². The van der Waals surface area contributed by atoms with Crippen molar-refractivity contribution in [2.45, 2.75) is 476 Å². The Kier molecular flexibility index (Phi) is 59.5. The number of unbranched alkanes of at least 4 members (excludes halogenated alkanes) is 34. The summed E-state index contributed by atoms with van der Waals surface area (Å²) in [6.45, 7) is 19.8. The third kappa shape index (κ3) is 46.7. The van der Waals surface area contributed by atoms with Gasteiger partial charge in [0.2, 0.25) is 11.8 Å². The highest BCUT2D eigenvalue weighted by Crippen LogP contribution is 2.43. The molecule has 9 N–H and O–H groups in total. The fraction of sp³-hybridized carbons (Fsp3) is 0.931. The van der Waals surface area contributed by atoms with Gasteiger partial charge < -0.3 is 79.1 Å². The summed E-state index contributed by atoms with van der Waals surface area (Å²) in [5, 5.41) is 62.4. The molecule has 2 rings (SSSR count). The van der Waals surface area contributed by atoms with E-state index in [0.717, 1.165) is 199 Å². The number of carbonyl (C=O) groups is 6. The predicted octanol–water partition coefficient (Wildman–Crippen LogP) is 17.0. The molecule has 10 unspecified atom stereocenters. The van der Waals surface area contributed by atoms with E-state index >= 15 is 9.59 Å². The van der Waals surface area contributed by atoms with E-state index in [1.807, 2.05) is 27.7 Å². The number of rotatable bonds is 70. The summed E-state index contributed by atoms with van der Waals surface area (Å²) in [7, 11) is -5.64. The van der Waals surface area contributed by atoms with Gasteiger partial charge in [-0.2, -0.15) is 0 Å². The smallest absolute Gasteiger partial charge is 0.461 e. The fourth-order valence-electron chi connectivity index (χ4n) is 15.1. The zero-order valence-corrected chi connectivity index (χ0v) is 72.6. The molecule has 2 amide bonds. The van der Waals surface area contributed by atoms with Gasteiger partial charge in [-0.15, -0.1) is 0 Å². The van der Waals surface area contributed by atoms with Crippen molar-refractivity contribution in [3.8, 4) is 0 Å². The predicted molar refractivity (Wildman–Crippen MR) is 437 cm³/mol. The summed E-state index contributed by atoms with van der Waals surface area (Å²) < 4.78 is 62.2. The monoisotopic (exact) mass is 1620 g/mol. The van der Waals surface area contributed by atoms with Crippen LogP contribution in [0.5, 0.6) is 0 Å². The topological polar surface area (TPSA) is 359 Å². The Balaban J connectivity index is 2.83. The van der Waals surface area contributed by atoms with Gasteiger partial charge in [0.1, 0.15) is 48.7 Å². The third-order valence-corrected chi connectivity index (χ3v) is 23.5. The number of esters is 4. The molecule has 2 heterocycles. The Morgan fingerprint density at radius 2 is 0.777 bits per heavy atom. The second-order valence-corrected chi connectivity index (χ2v) is 34.6. The van der Waals surface area contributed by atoms with Crippen molar-refractivity contribution < 1.29 is 106 Å². The molecule has 0 aromatic rings. The van der Waals surface area contributed by atoms with Crippen molar-refractivity contribution >= 4 is 43.5 Å². The van der Waals surface area contributed by atoms with Crippen molar-refractivity contribution in [3.63, 3.8) is 0 Å². The van der Waals surface area contributed by atoms with Gasteiger partial charge in [-0.25, -0.2) is 4.57 Å². The molecule has 112 heavy (non-hydrogen) atoms. The van der Waals surface area contributed by atoms with Gasteiger partial charge in [0.25, 0.3) is 0 Å². The molecule has 19 atom stereocenters. The van der Waals surface area contributed by atoms with Crippen molar-refractivity contribution in [2.75, 3.05) is 13.2 Å². The second-order valence-electron chi connectivity index (χ2n) is 33.4. The first-order chi connectivity index (χ1) is 53.7. The molecule has 0 aromatic carbocycles. The fourth-order valence-corrected chi connectivity index (χ4v) is 15.7. The Hall–Kier alpha value is -3.39. The van der Waals surface area contributed by atoms with E-state index in [0.29, 0.717) is 32.1 Å². The largest absolute Gasteiger partial charge is 0.470 e. The lowest BCUT2D eigenvalue weighted by Gasteiger charge is -2.46. The van der Waals surface area contributed by atoms with Crippen LogP contribution in [0.3, 0.4) is 0 Å². The number of carbonyl (C=O) groups excluding carboxylic acids is 6. The summed E-state index contributed by atoms with van der Waals surface area (Å²) in [4.78, 5) is 108. The molecule has 0 saturated carbocycles. The lowest BCUT2D eigenvalue weighted by Crippen LogP contribution is -2.68. The van der Waals surface area contributed by atoms with Crippen LogP contribution in [0, 0.1) is 29.6 Å². The molecular weight excluding hydrogens is 1460 g/mol. The molecule has 0 bridgehead atoms. The van der Waals surface area contributed by atoms with Crippen LogP contribution in [0.4, 0.5) is 0 Å². The van der Waals surface area contributed by atoms with Gasteiger partial charge in [0.15, 0.2) is 24.8 Å². The van der Waals surface area contributed by atoms with Crippen LogP contribution in [0.25, 0.3) is 0 Å². The first kappa shape index (κ1) is 105. The normalized spacial score (nSPS) is 22.5. The number of aliphatic hydroxyl groups is 5. The van der Waals surface area contributed by atoms with E-state index in [2.05, 4.69) is 45.3 Å². The SMILES string of the molecule is CCCCCCCCCCCC(C)C(=O)O[C@@H](CC(=O)NC1[C@H](OCC2OC(O)C(NC(=O)C[C@H](O)CC)[C@@H](OC(=O)C[C@H](O)C(C)CCCCCCCCC)[C@@H]2O)OC(CO)[C@@H](OP(=O)(O)O)[C@@H]1OC(=O)C[C@H](OC(=O)C(C)CCCCCCCCCCC)C(C)CCCCCCCCC)C(C)CCCCCCCCC. The van der Waals surface area contributed by atoms with E-state index in [-0.39, 0.29) is 18.3 Å². The zero-order chi connectivity index (χ0) is 83.1. The van der Waals surface area contributed by atoms with Gasteiger partial charge in [0.05, 0.1) is 62.9 Å². The molecule has 24 nitrogen and oxygen atoms in total. The maximum absolute atomic E-state index is 15.3. The molecule has 2 fully saturated rings. The maximum atomic E-state index is 15.3. The quantitative estimate of drug-likeness (QED) is 0.0118. The van der Waals surface area contributed by atoms with Crippen molar-refractivity contribution in [1.29, 1.82) is 0 Å². The second kappa shape index (κ2) is 63.7. The molecule has 2 saturated heterocycles. The van der Waals surface area contributed by atoms with Crippen LogP contribution in [0.1, 0.15) is 391 Å². The Labute approximate surface area is 676 Å². The number of phosphoric ester groups is 1. The zero-order valence-electron chi connectivity index (χ0n) is 71.7. The van der Waals surface area contributed by atoms with Gasteiger partial charge in [-0.05, 0) is 56.3 Å². The molecule has 2 aliphatic rings. The molecular formula is C87H163N2O22P. The van der Waals surface area contributed by atoms with Crippen molar-refractivity contribution in [3.05, 3.63) is 0 Å². The number of nitrogens with one attached hydrogen (secondary N) is 2. The summed E-state index contributed by atoms with van der Waals surface area (Å²) in [6.07, 6.45) is 22.7. The number of hydrogen-bond acceptors (Lipinski definition) is 20. The van der Waals surface area contributed by atoms with Gasteiger partial charge >= 0.3 is 31.7 Å². The van der Waals surface area contributed by atoms with Crippen LogP contribution in [-0.2, 0) is 71.0 Å². The number of ether oxygens (including phenoxy) is 7. The minimum absolute atomic E-state index is 0.194. The average molecular weight is 1620 g/mol. The number of hydrogen-bond donors (Lipinski definition) is 9. The van der Waals surface area contributed by atoms with Gasteiger partial charge in [0, 0.05) is 0 Å². The lowest BCUT2D eigenvalue weighted by atomic mass is 9.92. The van der Waals surface area contributed by atoms with Gasteiger partial charge in [-0.3, -0.25) is 33.3 Å². The highest BCUT2D eigenvalue weighted by Gasteiger charge is 2.54. The van der Waals surface area contributed by atoms with E-state index in [9.17, 15) is 59.1 Å². The first-order valence-corrected chi connectivity index (χ1v) is 46.6. The van der Waals surface area contributed by atoms with Crippen LogP contribution in [-0.4, -0.2) is 170 Å². The summed E-state index contributed by atoms with van der Waals surface area (Å²) in [6, 6.07) is -3.50. The van der Waals surface area contributed by atoms with E-state index < -0.39 is 186 Å². The molecule has 25 heteroatoms.